The van der Waals surface area contributed by atoms with Gasteiger partial charge in [-0.05, 0) is 37.5 Å². The molecule has 1 aliphatic heterocycles. The predicted octanol–water partition coefficient (Wildman–Crippen LogP) is 3.38. The van der Waals surface area contributed by atoms with Gasteiger partial charge in [0.25, 0.3) is 5.91 Å². The highest BCUT2D eigenvalue weighted by Gasteiger charge is 2.29. The molecule has 0 unspecified atom stereocenters. The molecule has 0 spiro atoms. The molecule has 4 rings (SSSR count). The average Bonchev–Trinajstić information content (AvgIpc) is 3.11. The molecule has 0 N–H and O–H groups in total. The maximum atomic E-state index is 12.8. The number of imidazole rings is 1. The second kappa shape index (κ2) is 6.75. The zero-order valence-corrected chi connectivity index (χ0v) is 14.8. The van der Waals surface area contributed by atoms with Crippen LogP contribution in [0.25, 0.3) is 5.65 Å². The third-order valence-electron chi connectivity index (χ3n) is 5.05. The van der Waals surface area contributed by atoms with Gasteiger partial charge in [0, 0.05) is 37.0 Å². The summed E-state index contributed by atoms with van der Waals surface area (Å²) in [5, 5.41) is 0. The molecule has 0 radical (unpaired) electrons. The highest BCUT2D eigenvalue weighted by atomic mass is 16.2. The Kier molecular flexibility index (Phi) is 4.29. The van der Waals surface area contributed by atoms with Gasteiger partial charge in [-0.3, -0.25) is 9.59 Å². The standard InChI is InChI=1S/C21H21N3O2/c1-15-7-10-24-14-18(22-19(24)13-15)21(26)23-11-8-17(9-12-23)20(25)16-5-3-2-4-6-16/h2-7,10,13-14,17H,8-9,11-12H2,1H3. The highest BCUT2D eigenvalue weighted by molar-refractivity contribution is 5.98. The fraction of sp³-hybridized carbons (Fsp3) is 0.286. The van der Waals surface area contributed by atoms with Crippen molar-refractivity contribution in [2.75, 3.05) is 13.1 Å². The minimum absolute atomic E-state index is 0.00910. The van der Waals surface area contributed by atoms with Gasteiger partial charge in [0.1, 0.15) is 11.3 Å². The first kappa shape index (κ1) is 16.5. The molecular weight excluding hydrogens is 326 g/mol. The number of amides is 1. The Morgan fingerprint density at radius 1 is 1.08 bits per heavy atom. The molecule has 1 aromatic carbocycles. The lowest BCUT2D eigenvalue weighted by Gasteiger charge is -2.30. The van der Waals surface area contributed by atoms with Gasteiger partial charge in [0.2, 0.25) is 0 Å². The molecule has 26 heavy (non-hydrogen) atoms. The molecule has 1 saturated heterocycles. The maximum absolute atomic E-state index is 12.8. The summed E-state index contributed by atoms with van der Waals surface area (Å²) in [5.74, 6) is 0.114. The van der Waals surface area contributed by atoms with Gasteiger partial charge in [-0.2, -0.15) is 0 Å². The number of aryl methyl sites for hydroxylation is 1. The van der Waals surface area contributed by atoms with E-state index in [1.165, 1.54) is 0 Å². The van der Waals surface area contributed by atoms with Crippen molar-refractivity contribution < 1.29 is 9.59 Å². The fourth-order valence-electron chi connectivity index (χ4n) is 3.53. The van der Waals surface area contributed by atoms with Gasteiger partial charge in [0.15, 0.2) is 5.78 Å². The summed E-state index contributed by atoms with van der Waals surface area (Å²) in [6.07, 6.45) is 5.09. The number of carbonyl (C=O) groups is 2. The molecule has 5 heteroatoms. The molecule has 0 saturated carbocycles. The molecule has 3 heterocycles. The van der Waals surface area contributed by atoms with Crippen LogP contribution in [0.5, 0.6) is 0 Å². The van der Waals surface area contributed by atoms with Gasteiger partial charge in [-0.25, -0.2) is 4.98 Å². The number of Topliss-reactive ketones (excluding diaryl/α,β-unsaturated/α-hetero) is 1. The number of benzene rings is 1. The number of piperidine rings is 1. The topological polar surface area (TPSA) is 54.7 Å². The van der Waals surface area contributed by atoms with Gasteiger partial charge < -0.3 is 9.30 Å². The lowest BCUT2D eigenvalue weighted by Crippen LogP contribution is -2.40. The summed E-state index contributed by atoms with van der Waals surface area (Å²) >= 11 is 0. The molecule has 1 amide bonds. The van der Waals surface area contributed by atoms with E-state index in [-0.39, 0.29) is 17.6 Å². The van der Waals surface area contributed by atoms with Crippen molar-refractivity contribution in [3.05, 3.63) is 71.7 Å². The van der Waals surface area contributed by atoms with E-state index >= 15 is 0 Å². The molecule has 0 bridgehead atoms. The van der Waals surface area contributed by atoms with Crippen LogP contribution >= 0.6 is 0 Å². The first-order chi connectivity index (χ1) is 12.6. The zero-order valence-electron chi connectivity index (χ0n) is 14.8. The molecule has 3 aromatic rings. The van der Waals surface area contributed by atoms with Crippen LogP contribution in [-0.2, 0) is 0 Å². The SMILES string of the molecule is Cc1ccn2cc(C(=O)N3CCC(C(=O)c4ccccc4)CC3)nc2c1. The number of rotatable bonds is 3. The van der Waals surface area contributed by atoms with Crippen LogP contribution in [-0.4, -0.2) is 39.1 Å². The van der Waals surface area contributed by atoms with Crippen LogP contribution < -0.4 is 0 Å². The van der Waals surface area contributed by atoms with Crippen LogP contribution in [0.2, 0.25) is 0 Å². The summed E-state index contributed by atoms with van der Waals surface area (Å²) in [5.41, 5.74) is 3.11. The summed E-state index contributed by atoms with van der Waals surface area (Å²) in [7, 11) is 0. The van der Waals surface area contributed by atoms with Gasteiger partial charge in [0.05, 0.1) is 0 Å². The summed E-state index contributed by atoms with van der Waals surface area (Å²) < 4.78 is 1.87. The lowest BCUT2D eigenvalue weighted by molar-refractivity contribution is 0.0646. The first-order valence-corrected chi connectivity index (χ1v) is 8.96. The van der Waals surface area contributed by atoms with E-state index in [1.807, 2.05) is 64.9 Å². The number of carbonyl (C=O) groups excluding carboxylic acids is 2. The Hall–Kier alpha value is -2.95. The summed E-state index contributed by atoms with van der Waals surface area (Å²) in [4.78, 5) is 31.6. The minimum Gasteiger partial charge on any atom is -0.337 e. The largest absolute Gasteiger partial charge is 0.337 e. The van der Waals surface area contributed by atoms with Crippen molar-refractivity contribution in [3.8, 4) is 0 Å². The van der Waals surface area contributed by atoms with Crippen molar-refractivity contribution in [1.29, 1.82) is 0 Å². The van der Waals surface area contributed by atoms with Crippen molar-refractivity contribution >= 4 is 17.3 Å². The molecule has 132 valence electrons. The molecule has 5 nitrogen and oxygen atoms in total. The Labute approximate surface area is 152 Å². The number of pyridine rings is 1. The van der Waals surface area contributed by atoms with E-state index in [1.54, 1.807) is 6.20 Å². The molecule has 2 aromatic heterocycles. The molecule has 1 aliphatic rings. The van der Waals surface area contributed by atoms with E-state index in [9.17, 15) is 9.59 Å². The van der Waals surface area contributed by atoms with E-state index in [2.05, 4.69) is 4.98 Å². The minimum atomic E-state index is -0.0584. The van der Waals surface area contributed by atoms with Crippen LogP contribution in [0.4, 0.5) is 0 Å². The Morgan fingerprint density at radius 3 is 2.54 bits per heavy atom. The number of likely N-dealkylation sites (tertiary alicyclic amines) is 1. The smallest absolute Gasteiger partial charge is 0.274 e. The third-order valence-corrected chi connectivity index (χ3v) is 5.05. The van der Waals surface area contributed by atoms with E-state index in [0.29, 0.717) is 31.6 Å². The Morgan fingerprint density at radius 2 is 1.81 bits per heavy atom. The second-order valence-corrected chi connectivity index (χ2v) is 6.89. The Bertz CT molecular complexity index is 954. The normalized spacial score (nSPS) is 15.3. The second-order valence-electron chi connectivity index (χ2n) is 6.89. The Balaban J connectivity index is 1.43. The van der Waals surface area contributed by atoms with E-state index < -0.39 is 0 Å². The van der Waals surface area contributed by atoms with Crippen LogP contribution in [0, 0.1) is 12.8 Å². The van der Waals surface area contributed by atoms with Crippen molar-refractivity contribution in [1.82, 2.24) is 14.3 Å². The molecule has 0 aliphatic carbocycles. The number of hydrogen-bond donors (Lipinski definition) is 0. The first-order valence-electron chi connectivity index (χ1n) is 8.96. The third kappa shape index (κ3) is 3.12. The zero-order chi connectivity index (χ0) is 18.1. The van der Waals surface area contributed by atoms with Crippen molar-refractivity contribution in [2.45, 2.75) is 19.8 Å². The van der Waals surface area contributed by atoms with Crippen LogP contribution in [0.1, 0.15) is 39.3 Å². The number of ketones is 1. The number of nitrogens with zero attached hydrogens (tertiary/aromatic N) is 3. The quantitative estimate of drug-likeness (QED) is 0.683. The van der Waals surface area contributed by atoms with Gasteiger partial charge in [-0.15, -0.1) is 0 Å². The molecular formula is C21H21N3O2. The number of fused-ring (bicyclic) bond motifs is 1. The lowest BCUT2D eigenvalue weighted by atomic mass is 9.89. The monoisotopic (exact) mass is 347 g/mol. The van der Waals surface area contributed by atoms with E-state index in [0.717, 1.165) is 16.8 Å². The predicted molar refractivity (Wildman–Crippen MR) is 99.3 cm³/mol. The summed E-state index contributed by atoms with van der Waals surface area (Å²) in [6.45, 7) is 3.19. The number of aromatic nitrogens is 2. The fourth-order valence-corrected chi connectivity index (χ4v) is 3.53. The van der Waals surface area contributed by atoms with Crippen LogP contribution in [0.3, 0.4) is 0 Å². The van der Waals surface area contributed by atoms with Gasteiger partial charge >= 0.3 is 0 Å². The van der Waals surface area contributed by atoms with Crippen LogP contribution in [0.15, 0.2) is 54.9 Å². The van der Waals surface area contributed by atoms with Crippen molar-refractivity contribution in [3.63, 3.8) is 0 Å². The highest BCUT2D eigenvalue weighted by Crippen LogP contribution is 2.23. The van der Waals surface area contributed by atoms with E-state index in [4.69, 9.17) is 0 Å². The van der Waals surface area contributed by atoms with Crippen molar-refractivity contribution in [2.24, 2.45) is 5.92 Å². The molecule has 0 atom stereocenters. The maximum Gasteiger partial charge on any atom is 0.274 e. The summed E-state index contributed by atoms with van der Waals surface area (Å²) in [6, 6.07) is 13.4. The number of hydrogen-bond acceptors (Lipinski definition) is 3. The molecule has 1 fully saturated rings. The average molecular weight is 347 g/mol. The van der Waals surface area contributed by atoms with Gasteiger partial charge in [-0.1, -0.05) is 30.3 Å².